The van der Waals surface area contributed by atoms with Crippen molar-refractivity contribution in [2.45, 2.75) is 13.8 Å². The molecule has 0 bridgehead atoms. The van der Waals surface area contributed by atoms with Crippen LogP contribution in [0.5, 0.6) is 0 Å². The molecule has 0 fully saturated rings. The number of imide groups is 2. The number of benzene rings is 2. The summed E-state index contributed by atoms with van der Waals surface area (Å²) in [5.41, 5.74) is 2.21. The standard InChI is InChI=1S/C20H14N2O4/c1-11(23)21-15-9-5-3-7-13(15)17(19(21)25)18-14-8-4-6-10-16(14)22(12(2)24)20(18)26/h3-10H,1-2H3/b18-17+. The Morgan fingerprint density at radius 2 is 1.00 bits per heavy atom. The Balaban J connectivity index is 2.06. The van der Waals surface area contributed by atoms with Crippen LogP contribution >= 0.6 is 0 Å². The molecule has 0 atom stereocenters. The van der Waals surface area contributed by atoms with E-state index >= 15 is 0 Å². The SMILES string of the molecule is CC(=O)N1C(=O)/C(=C2/C(=O)N(C(C)=O)c3ccccc32)c2ccccc21. The minimum absolute atomic E-state index is 0.150. The molecule has 2 aromatic carbocycles. The maximum Gasteiger partial charge on any atom is 0.266 e. The summed E-state index contributed by atoms with van der Waals surface area (Å²) in [6.07, 6.45) is 0. The molecule has 0 unspecified atom stereocenters. The molecule has 26 heavy (non-hydrogen) atoms. The van der Waals surface area contributed by atoms with Gasteiger partial charge in [0.1, 0.15) is 0 Å². The lowest BCUT2D eigenvalue weighted by molar-refractivity contribution is -0.124. The normalized spacial score (nSPS) is 18.2. The predicted octanol–water partition coefficient (Wildman–Crippen LogP) is 2.38. The summed E-state index contributed by atoms with van der Waals surface area (Å²) in [7, 11) is 0. The van der Waals surface area contributed by atoms with E-state index in [0.29, 0.717) is 22.5 Å². The van der Waals surface area contributed by atoms with Gasteiger partial charge in [-0.25, -0.2) is 9.80 Å². The molecule has 0 aromatic heterocycles. The third kappa shape index (κ3) is 1.99. The average Bonchev–Trinajstić information content (AvgIpc) is 3.04. The number of anilines is 2. The minimum Gasteiger partial charge on any atom is -0.274 e. The summed E-state index contributed by atoms with van der Waals surface area (Å²) in [6.45, 7) is 2.60. The Morgan fingerprint density at radius 3 is 1.35 bits per heavy atom. The summed E-state index contributed by atoms with van der Waals surface area (Å²) in [6, 6.07) is 13.7. The number of hydrogen-bond donors (Lipinski definition) is 0. The highest BCUT2D eigenvalue weighted by Crippen LogP contribution is 2.46. The van der Waals surface area contributed by atoms with E-state index in [9.17, 15) is 19.2 Å². The van der Waals surface area contributed by atoms with Gasteiger partial charge < -0.3 is 0 Å². The van der Waals surface area contributed by atoms with Crippen LogP contribution in [0, 0.1) is 0 Å². The lowest BCUT2D eigenvalue weighted by Crippen LogP contribution is -2.33. The Morgan fingerprint density at radius 1 is 0.654 bits per heavy atom. The lowest BCUT2D eigenvalue weighted by atomic mass is 9.96. The number of para-hydroxylation sites is 2. The number of carbonyl (C=O) groups excluding carboxylic acids is 4. The maximum atomic E-state index is 13.0. The fourth-order valence-electron chi connectivity index (χ4n) is 3.54. The predicted molar refractivity (Wildman–Crippen MR) is 96.0 cm³/mol. The molecular weight excluding hydrogens is 332 g/mol. The van der Waals surface area contributed by atoms with Crippen LogP contribution in [0.4, 0.5) is 11.4 Å². The van der Waals surface area contributed by atoms with Gasteiger partial charge >= 0.3 is 0 Å². The van der Waals surface area contributed by atoms with Crippen molar-refractivity contribution < 1.29 is 19.2 Å². The third-order valence-corrected chi connectivity index (χ3v) is 4.54. The Kier molecular flexibility index (Phi) is 3.37. The van der Waals surface area contributed by atoms with Crippen LogP contribution < -0.4 is 9.80 Å². The Bertz CT molecular complexity index is 968. The van der Waals surface area contributed by atoms with E-state index < -0.39 is 23.6 Å². The molecule has 2 heterocycles. The molecule has 4 rings (SSSR count). The molecule has 2 aromatic rings. The van der Waals surface area contributed by atoms with E-state index in [4.69, 9.17) is 0 Å². The van der Waals surface area contributed by atoms with Gasteiger partial charge in [-0.1, -0.05) is 36.4 Å². The summed E-state index contributed by atoms with van der Waals surface area (Å²) in [4.78, 5) is 52.2. The first-order chi connectivity index (χ1) is 12.4. The molecular formula is C20H14N2O4. The molecule has 2 aliphatic rings. The van der Waals surface area contributed by atoms with Gasteiger partial charge in [-0.3, -0.25) is 19.2 Å². The van der Waals surface area contributed by atoms with Crippen molar-refractivity contribution in [1.29, 1.82) is 0 Å². The van der Waals surface area contributed by atoms with Crippen molar-refractivity contribution in [2.75, 3.05) is 9.80 Å². The summed E-state index contributed by atoms with van der Waals surface area (Å²) in [5.74, 6) is -1.97. The fraction of sp³-hybridized carbons (Fsp3) is 0.100. The zero-order chi connectivity index (χ0) is 18.6. The van der Waals surface area contributed by atoms with E-state index in [1.165, 1.54) is 13.8 Å². The first kappa shape index (κ1) is 16.0. The van der Waals surface area contributed by atoms with Crippen molar-refractivity contribution in [2.24, 2.45) is 0 Å². The summed E-state index contributed by atoms with van der Waals surface area (Å²) in [5, 5.41) is 0. The quantitative estimate of drug-likeness (QED) is 0.687. The number of carbonyl (C=O) groups is 4. The van der Waals surface area contributed by atoms with Gasteiger partial charge in [-0.05, 0) is 12.1 Å². The van der Waals surface area contributed by atoms with Crippen LogP contribution in [0.25, 0.3) is 11.1 Å². The van der Waals surface area contributed by atoms with Crippen LogP contribution in [0.1, 0.15) is 25.0 Å². The maximum absolute atomic E-state index is 13.0. The number of rotatable bonds is 0. The highest BCUT2D eigenvalue weighted by Gasteiger charge is 2.43. The molecule has 6 nitrogen and oxygen atoms in total. The van der Waals surface area contributed by atoms with Gasteiger partial charge in [0.15, 0.2) is 0 Å². The zero-order valence-corrected chi connectivity index (χ0v) is 14.1. The molecule has 0 saturated heterocycles. The second-order valence-corrected chi connectivity index (χ2v) is 6.10. The highest BCUT2D eigenvalue weighted by molar-refractivity contribution is 6.54. The minimum atomic E-state index is -0.553. The molecule has 0 radical (unpaired) electrons. The van der Waals surface area contributed by atoms with E-state index in [1.54, 1.807) is 48.5 Å². The van der Waals surface area contributed by atoms with Gasteiger partial charge in [0.2, 0.25) is 11.8 Å². The Hall–Kier alpha value is -3.54. The first-order valence-electron chi connectivity index (χ1n) is 8.06. The monoisotopic (exact) mass is 346 g/mol. The number of amides is 4. The summed E-state index contributed by atoms with van der Waals surface area (Å²) >= 11 is 0. The second kappa shape index (κ2) is 5.49. The second-order valence-electron chi connectivity index (χ2n) is 6.10. The van der Waals surface area contributed by atoms with Gasteiger partial charge in [-0.2, -0.15) is 0 Å². The zero-order valence-electron chi connectivity index (χ0n) is 14.1. The summed E-state index contributed by atoms with van der Waals surface area (Å²) < 4.78 is 0. The van der Waals surface area contributed by atoms with Gasteiger partial charge in [0.05, 0.1) is 22.5 Å². The number of nitrogens with zero attached hydrogens (tertiary/aromatic N) is 2. The van der Waals surface area contributed by atoms with Crippen molar-refractivity contribution in [3.63, 3.8) is 0 Å². The van der Waals surface area contributed by atoms with Gasteiger partial charge in [0, 0.05) is 25.0 Å². The van der Waals surface area contributed by atoms with Crippen molar-refractivity contribution in [3.05, 3.63) is 59.7 Å². The highest BCUT2D eigenvalue weighted by atomic mass is 16.2. The van der Waals surface area contributed by atoms with Crippen molar-refractivity contribution >= 4 is 46.1 Å². The number of hydrogen-bond acceptors (Lipinski definition) is 4. The third-order valence-electron chi connectivity index (χ3n) is 4.54. The molecule has 2 aliphatic heterocycles. The van der Waals surface area contributed by atoms with E-state index in [0.717, 1.165) is 9.80 Å². The van der Waals surface area contributed by atoms with Crippen molar-refractivity contribution in [3.8, 4) is 0 Å². The molecule has 6 heteroatoms. The molecule has 0 spiro atoms. The van der Waals surface area contributed by atoms with Gasteiger partial charge in [-0.15, -0.1) is 0 Å². The van der Waals surface area contributed by atoms with Crippen LogP contribution in [-0.2, 0) is 19.2 Å². The molecule has 0 N–H and O–H groups in total. The van der Waals surface area contributed by atoms with Crippen LogP contribution in [0.15, 0.2) is 48.5 Å². The fourth-order valence-corrected chi connectivity index (χ4v) is 3.54. The Labute approximate surface area is 149 Å². The average molecular weight is 346 g/mol. The smallest absolute Gasteiger partial charge is 0.266 e. The van der Waals surface area contributed by atoms with Crippen LogP contribution in [0.2, 0.25) is 0 Å². The van der Waals surface area contributed by atoms with Crippen molar-refractivity contribution in [1.82, 2.24) is 0 Å². The first-order valence-corrected chi connectivity index (χ1v) is 8.06. The molecule has 128 valence electrons. The van der Waals surface area contributed by atoms with Gasteiger partial charge in [0.25, 0.3) is 11.8 Å². The van der Waals surface area contributed by atoms with E-state index in [2.05, 4.69) is 0 Å². The van der Waals surface area contributed by atoms with Crippen LogP contribution in [-0.4, -0.2) is 23.6 Å². The lowest BCUT2D eigenvalue weighted by Gasteiger charge is -2.12. The van der Waals surface area contributed by atoms with Crippen LogP contribution in [0.3, 0.4) is 0 Å². The molecule has 0 aliphatic carbocycles. The number of fused-ring (bicyclic) bond motifs is 2. The molecule has 0 saturated carbocycles. The topological polar surface area (TPSA) is 74.8 Å². The molecule has 4 amide bonds. The van der Waals surface area contributed by atoms with E-state index in [-0.39, 0.29) is 11.1 Å². The van der Waals surface area contributed by atoms with E-state index in [1.807, 2.05) is 0 Å². The largest absolute Gasteiger partial charge is 0.274 e.